The Morgan fingerprint density at radius 2 is 1.15 bits per heavy atom. The molecule has 0 bridgehead atoms. The molecule has 1 radical (unpaired) electrons. The molecule has 0 aromatic heterocycles. The van der Waals surface area contributed by atoms with Gasteiger partial charge < -0.3 is 29.8 Å². The molecule has 0 saturated carbocycles. The minimum atomic E-state index is -1.07. The third-order valence-corrected chi connectivity index (χ3v) is 2.29. The number of carbonyl (C=O) groups is 2. The van der Waals surface area contributed by atoms with Gasteiger partial charge in [0.2, 0.25) is 0 Å². The first kappa shape index (κ1) is 32.4. The van der Waals surface area contributed by atoms with Crippen molar-refractivity contribution in [2.24, 2.45) is 10.8 Å². The van der Waals surface area contributed by atoms with Gasteiger partial charge >= 0.3 is 27.7 Å². The van der Waals surface area contributed by atoms with Crippen molar-refractivity contribution in [2.75, 3.05) is 0 Å². The smallest absolute Gasteiger partial charge is 0.693 e. The Morgan fingerprint density at radius 1 is 0.885 bits per heavy atom. The molecule has 0 amide bonds. The van der Waals surface area contributed by atoms with Gasteiger partial charge in [0.05, 0.1) is 5.56 Å². The molecule has 0 spiro atoms. The van der Waals surface area contributed by atoms with Gasteiger partial charge in [0.25, 0.3) is 0 Å². The maximum atomic E-state index is 10.9. The molecule has 0 heterocycles. The van der Waals surface area contributed by atoms with E-state index in [1.807, 2.05) is 41.5 Å². The largest absolute Gasteiger partial charge is 2.00 e. The van der Waals surface area contributed by atoms with Crippen LogP contribution in [0.1, 0.15) is 69.2 Å². The van der Waals surface area contributed by atoms with Gasteiger partial charge in [0.15, 0.2) is 5.78 Å². The summed E-state index contributed by atoms with van der Waals surface area (Å²) in [4.78, 5) is 21.5. The molecule has 0 aliphatic heterocycles. The molecule has 0 aliphatic carbocycles. The Bertz CT molecular complexity index is 582. The molecule has 0 atom stereocenters. The Morgan fingerprint density at radius 3 is 1.31 bits per heavy atom. The first-order valence-electron chi connectivity index (χ1n) is 7.46. The van der Waals surface area contributed by atoms with Gasteiger partial charge in [-0.1, -0.05) is 59.7 Å². The molecule has 143 valence electrons. The van der Waals surface area contributed by atoms with E-state index in [1.165, 1.54) is 19.1 Å². The Balaban J connectivity index is -0.000000149. The number of carboxylic acid groups (broad SMARTS) is 1. The summed E-state index contributed by atoms with van der Waals surface area (Å²) >= 11 is 0. The van der Waals surface area contributed by atoms with Crippen LogP contribution in [0.2, 0.25) is 0 Å². The van der Waals surface area contributed by atoms with Gasteiger partial charge in [0, 0.05) is 22.6 Å². The van der Waals surface area contributed by atoms with Crippen molar-refractivity contribution in [2.45, 2.75) is 48.5 Å². The van der Waals surface area contributed by atoms with Gasteiger partial charge in [-0.3, -0.25) is 4.79 Å². The third-order valence-electron chi connectivity index (χ3n) is 2.29. The Kier molecular flexibility index (Phi) is 18.5. The molecule has 5 heteroatoms. The number of hydrogen-bond acceptors (Lipinski definition) is 2. The molecular formula is C21H26CuO3Ti. The predicted molar refractivity (Wildman–Crippen MR) is 96.6 cm³/mol. The zero-order valence-electron chi connectivity index (χ0n) is 16.4. The zero-order valence-corrected chi connectivity index (χ0v) is 18.9. The molecule has 1 aromatic rings. The first-order valence-corrected chi connectivity index (χ1v) is 7.46. The number of carbonyl (C=O) groups excluding carboxylic acids is 1. The van der Waals surface area contributed by atoms with E-state index < -0.39 is 5.97 Å². The average molecular weight is 438 g/mol. The normalized spacial score (nSPS) is 9.12. The minimum absolute atomic E-state index is 0. The Labute approximate surface area is 184 Å². The topological polar surface area (TPSA) is 54.4 Å². The standard InChI is InChI=1S/C9H8O3.2C6H9.Cu.Ti/c1-6(10)7-4-2-3-5-8(7)9(11)12;2*1-5-6(2,3)4;;/h2-5H,1H3,(H,11,12);2*2-4H3;;/q;2*-1;;+2. The molecular weight excluding hydrogens is 412 g/mol. The first-order chi connectivity index (χ1) is 10.7. The molecule has 1 rings (SSSR count). The number of Topliss-reactive ketones (excluding diaryl/α,β-unsaturated/α-hetero) is 1. The van der Waals surface area contributed by atoms with Crippen LogP contribution in [0.4, 0.5) is 0 Å². The van der Waals surface area contributed by atoms with Crippen LogP contribution in [-0.2, 0) is 38.8 Å². The van der Waals surface area contributed by atoms with Gasteiger partial charge in [-0.15, -0.1) is 0 Å². The predicted octanol–water partition coefficient (Wildman–Crippen LogP) is 4.83. The maximum Gasteiger partial charge on any atom is 2.00 e. The third kappa shape index (κ3) is 19.0. The van der Waals surface area contributed by atoms with Crippen LogP contribution in [0.25, 0.3) is 0 Å². The zero-order chi connectivity index (χ0) is 19.6. The molecule has 0 aliphatic rings. The summed E-state index contributed by atoms with van der Waals surface area (Å²) in [7, 11) is 0. The second kappa shape index (κ2) is 14.8. The van der Waals surface area contributed by atoms with Crippen molar-refractivity contribution >= 4 is 11.8 Å². The molecule has 0 fully saturated rings. The number of hydrogen-bond donors (Lipinski definition) is 1. The van der Waals surface area contributed by atoms with E-state index in [0.29, 0.717) is 0 Å². The molecule has 0 unspecified atom stereocenters. The van der Waals surface area contributed by atoms with E-state index in [4.69, 9.17) is 18.0 Å². The van der Waals surface area contributed by atoms with Crippen molar-refractivity contribution < 1.29 is 53.5 Å². The van der Waals surface area contributed by atoms with Crippen LogP contribution < -0.4 is 0 Å². The fraction of sp³-hybridized carbons (Fsp3) is 0.429. The fourth-order valence-corrected chi connectivity index (χ4v) is 0.977. The second-order valence-electron chi connectivity index (χ2n) is 7.16. The van der Waals surface area contributed by atoms with Gasteiger partial charge in [-0.25, -0.2) is 4.79 Å². The van der Waals surface area contributed by atoms with Crippen LogP contribution >= 0.6 is 0 Å². The molecule has 1 aromatic carbocycles. The van der Waals surface area contributed by atoms with Crippen molar-refractivity contribution in [3.63, 3.8) is 0 Å². The van der Waals surface area contributed by atoms with E-state index in [2.05, 4.69) is 11.8 Å². The minimum Gasteiger partial charge on any atom is -0.693 e. The number of benzene rings is 1. The summed E-state index contributed by atoms with van der Waals surface area (Å²) in [5, 5.41) is 8.66. The van der Waals surface area contributed by atoms with Crippen LogP contribution in [-0.4, -0.2) is 16.9 Å². The summed E-state index contributed by atoms with van der Waals surface area (Å²) in [5.41, 5.74) is 0.231. The van der Waals surface area contributed by atoms with Crippen molar-refractivity contribution in [1.82, 2.24) is 0 Å². The summed E-state index contributed by atoms with van der Waals surface area (Å²) in [5.74, 6) is 3.41. The van der Waals surface area contributed by atoms with Crippen LogP contribution in [0.5, 0.6) is 0 Å². The van der Waals surface area contributed by atoms with E-state index >= 15 is 0 Å². The average Bonchev–Trinajstić information content (AvgIpc) is 2.47. The maximum absolute atomic E-state index is 10.9. The SMILES string of the molecule is CC(=O)c1ccccc1C(=O)O.[C-]#CC(C)(C)C.[C-]#CC(C)(C)C.[Cu].[Ti+2]. The summed E-state index contributed by atoms with van der Waals surface area (Å²) in [6.45, 7) is 13.0. The summed E-state index contributed by atoms with van der Waals surface area (Å²) in [6.07, 6.45) is 13.2. The molecule has 0 saturated heterocycles. The van der Waals surface area contributed by atoms with Crippen molar-refractivity contribution in [1.29, 1.82) is 0 Å². The fourth-order valence-electron chi connectivity index (χ4n) is 0.977. The molecule has 3 nitrogen and oxygen atoms in total. The van der Waals surface area contributed by atoms with E-state index in [1.54, 1.807) is 12.1 Å². The monoisotopic (exact) mass is 437 g/mol. The van der Waals surface area contributed by atoms with Crippen LogP contribution in [0.3, 0.4) is 0 Å². The summed E-state index contributed by atoms with van der Waals surface area (Å²) < 4.78 is 0. The van der Waals surface area contributed by atoms with Gasteiger partial charge in [-0.2, -0.15) is 0 Å². The number of aromatic carboxylic acids is 1. The number of carboxylic acids is 1. The van der Waals surface area contributed by atoms with E-state index in [-0.39, 0.29) is 66.5 Å². The number of ketones is 1. The van der Waals surface area contributed by atoms with Gasteiger partial charge in [-0.05, 0) is 23.8 Å². The second-order valence-corrected chi connectivity index (χ2v) is 7.16. The number of rotatable bonds is 2. The van der Waals surface area contributed by atoms with E-state index in [0.717, 1.165) is 0 Å². The quantitative estimate of drug-likeness (QED) is 0.312. The summed E-state index contributed by atoms with van der Waals surface area (Å²) in [6, 6.07) is 6.16. The van der Waals surface area contributed by atoms with Crippen LogP contribution in [0.15, 0.2) is 24.3 Å². The van der Waals surface area contributed by atoms with Gasteiger partial charge in [0.1, 0.15) is 0 Å². The van der Waals surface area contributed by atoms with E-state index in [9.17, 15) is 9.59 Å². The molecule has 1 N–H and O–H groups in total. The van der Waals surface area contributed by atoms with Crippen LogP contribution in [0, 0.1) is 35.5 Å². The van der Waals surface area contributed by atoms with Crippen molar-refractivity contribution in [3.05, 3.63) is 48.2 Å². The van der Waals surface area contributed by atoms with Crippen molar-refractivity contribution in [3.8, 4) is 11.8 Å². The Hall–Kier alpha value is -1.29. The molecule has 26 heavy (non-hydrogen) atoms.